The van der Waals surface area contributed by atoms with Crippen LogP contribution in [0.2, 0.25) is 5.15 Å². The lowest BCUT2D eigenvalue weighted by atomic mass is 10.0. The molecule has 0 spiro atoms. The molecule has 2 fully saturated rings. The van der Waals surface area contributed by atoms with E-state index in [-0.39, 0.29) is 12.5 Å². The second-order valence-electron chi connectivity index (χ2n) is 32.3. The van der Waals surface area contributed by atoms with Gasteiger partial charge in [0.25, 0.3) is 0 Å². The van der Waals surface area contributed by atoms with Crippen molar-refractivity contribution in [1.29, 1.82) is 0 Å². The van der Waals surface area contributed by atoms with Crippen molar-refractivity contribution in [2.75, 3.05) is 77.6 Å². The molecule has 17 rings (SSSR count). The van der Waals surface area contributed by atoms with Crippen LogP contribution < -0.4 is 35.9 Å². The van der Waals surface area contributed by atoms with E-state index in [9.17, 15) is 0 Å². The third-order valence-corrected chi connectivity index (χ3v) is 22.2. The number of pyridine rings is 3. The summed E-state index contributed by atoms with van der Waals surface area (Å²) in [6, 6.07) is 23.0. The van der Waals surface area contributed by atoms with E-state index in [1.165, 1.54) is 14.4 Å². The number of fused-ring (bicyclic) bond motifs is 3. The maximum absolute atomic E-state index is 6.42. The van der Waals surface area contributed by atoms with E-state index in [1.54, 1.807) is 88.5 Å². The molecule has 14 aromatic rings. The number of benzene rings is 3. The van der Waals surface area contributed by atoms with Gasteiger partial charge in [-0.25, -0.2) is 24.9 Å². The monoisotopic (exact) mass is 1750 g/mol. The number of nitrogen functional groups attached to an aromatic ring is 1. The fraction of sp³-hybridized carbons (Fsp3) is 0.420. The van der Waals surface area contributed by atoms with E-state index in [0.29, 0.717) is 82.7 Å². The maximum Gasteiger partial charge on any atom is 0.208 e. The van der Waals surface area contributed by atoms with Crippen LogP contribution in [0.25, 0.3) is 56.5 Å². The molecule has 38 nitrogen and oxygen atoms in total. The van der Waals surface area contributed by atoms with Crippen molar-refractivity contribution in [3.63, 3.8) is 0 Å². The predicted octanol–water partition coefficient (Wildman–Crippen LogP) is 14.5. The smallest absolute Gasteiger partial charge is 0.208 e. The van der Waals surface area contributed by atoms with E-state index >= 15 is 0 Å². The second-order valence-corrected chi connectivity index (χ2v) is 32.7. The first-order chi connectivity index (χ1) is 60.9. The summed E-state index contributed by atoms with van der Waals surface area (Å²) in [5, 5.41) is 48.2. The van der Waals surface area contributed by atoms with Crippen LogP contribution in [0.4, 0.5) is 45.6 Å². The van der Waals surface area contributed by atoms with Crippen LogP contribution in [-0.4, -0.2) is 186 Å². The molecule has 2 atom stereocenters. The Morgan fingerprint density at radius 2 is 0.850 bits per heavy atom. The Morgan fingerprint density at radius 1 is 0.457 bits per heavy atom. The molecule has 0 aliphatic carbocycles. The highest BCUT2D eigenvalue weighted by Gasteiger charge is 2.32. The van der Waals surface area contributed by atoms with Crippen molar-refractivity contribution >= 4 is 85.3 Å². The van der Waals surface area contributed by atoms with Gasteiger partial charge >= 0.3 is 0 Å². The van der Waals surface area contributed by atoms with Gasteiger partial charge in [-0.05, 0) is 186 Å². The van der Waals surface area contributed by atoms with E-state index in [4.69, 9.17) is 95.1 Å². The third-order valence-electron chi connectivity index (χ3n) is 22.0. The van der Waals surface area contributed by atoms with Crippen LogP contribution in [0, 0.1) is 34.6 Å². The minimum atomic E-state index is -0.539. The zero-order valence-electron chi connectivity index (χ0n) is 75.4. The molecule has 14 heterocycles. The Balaban J connectivity index is 0.000000145. The first-order valence-electron chi connectivity index (χ1n) is 41.6. The molecule has 664 valence electrons. The number of nitrogens with two attached hydrogens (primary N) is 1. The molecule has 5 N–H and O–H groups in total. The first kappa shape index (κ1) is 90.1. The van der Waals surface area contributed by atoms with E-state index in [1.807, 2.05) is 154 Å². The minimum absolute atomic E-state index is 0.0897. The largest absolute Gasteiger partial charge is 0.494 e. The topological polar surface area (TPSA) is 431 Å². The van der Waals surface area contributed by atoms with Crippen molar-refractivity contribution in [1.82, 2.24) is 125 Å². The van der Waals surface area contributed by atoms with E-state index in [0.717, 1.165) is 193 Å². The lowest BCUT2D eigenvalue weighted by Crippen LogP contribution is -2.23. The van der Waals surface area contributed by atoms with Gasteiger partial charge in [0.1, 0.15) is 68.6 Å². The van der Waals surface area contributed by atoms with E-state index in [2.05, 4.69) is 86.7 Å². The Bertz CT molecular complexity index is 6340. The van der Waals surface area contributed by atoms with Gasteiger partial charge in [0.05, 0.1) is 156 Å². The minimum Gasteiger partial charge on any atom is -0.494 e. The van der Waals surface area contributed by atoms with Crippen molar-refractivity contribution in [3.05, 3.63) is 171 Å². The summed E-state index contributed by atoms with van der Waals surface area (Å²) in [5.41, 5.74) is 24.7. The van der Waals surface area contributed by atoms with Crippen LogP contribution in [0.15, 0.2) is 96.4 Å². The van der Waals surface area contributed by atoms with Crippen LogP contribution in [0.1, 0.15) is 174 Å². The van der Waals surface area contributed by atoms with Crippen LogP contribution >= 0.6 is 11.6 Å². The van der Waals surface area contributed by atoms with Gasteiger partial charge in [-0.1, -0.05) is 29.8 Å². The number of aryl methyl sites for hydroxylation is 8. The molecule has 0 bridgehead atoms. The first-order valence-corrected chi connectivity index (χ1v) is 42.0. The Hall–Kier alpha value is -13.1. The summed E-state index contributed by atoms with van der Waals surface area (Å²) >= 11 is 6.42. The van der Waals surface area contributed by atoms with Gasteiger partial charge < -0.3 is 59.6 Å². The molecule has 3 aromatic carbocycles. The summed E-state index contributed by atoms with van der Waals surface area (Å²) < 4.78 is 50.2. The number of nitrogens with one attached hydrogen (secondary N) is 3. The molecular formula is C88H107ClN30O8. The standard InChI is InChI=1S/C31H38N10O3.C27H31N9O2.C21H23ClN8O2.C9H15N3O/c1-18-28(31(3,4)43-7)32-17-21(33-18)15-20-16-24(26-30(35-20)41(19(2)34-26)25-13-8-9-14-44-25)36-23-12-10-11-22(27(23)42-6)29-37-39-40(5)38-29;1-15-11-21-23(29-15)22(32-20-10-8-9-19(24(20)37-6)26-33-35-36(5)34-26)13-17(31-21)12-18-14-28-25(16(2)30-18)27(3,4)38-7;1-12-23-18-15(11-16(22)25-21(18)30(12)17-9-4-5-10-32-17)24-14-8-6-7-13(19(14)31-3)20-26-28-29(2)27-20;1-6-8(9(2,3)13-4)11-5-7(10)12-6/h10-12,16-17,25H,8-9,13-15H2,1-7H3,(H,35,36);8-10,13-14H,11-12H2,1-7H3,(H,31,32);6-8,11,17H,4-5,9-10H2,1-3H3,(H,24,25);5H,1-4H3,(H2,10,12). The fourth-order valence-corrected chi connectivity index (χ4v) is 15.8. The number of aromatic nitrogens is 25. The summed E-state index contributed by atoms with van der Waals surface area (Å²) in [6.45, 7) is 25.0. The third kappa shape index (κ3) is 19.9. The molecule has 2 unspecified atom stereocenters. The second kappa shape index (κ2) is 38.4. The van der Waals surface area contributed by atoms with E-state index < -0.39 is 16.8 Å². The van der Waals surface area contributed by atoms with Crippen molar-refractivity contribution in [2.24, 2.45) is 26.1 Å². The van der Waals surface area contributed by atoms with Crippen LogP contribution in [0.3, 0.4) is 0 Å². The highest BCUT2D eigenvalue weighted by atomic mass is 35.5. The number of nitrogens with zero attached hydrogens (tertiary/aromatic N) is 26. The number of methoxy groups -OCH3 is 6. The van der Waals surface area contributed by atoms with Gasteiger partial charge in [-0.3, -0.25) is 44.0 Å². The number of ether oxygens (including phenoxy) is 8. The number of tetrazole rings is 3. The molecule has 11 aromatic heterocycles. The van der Waals surface area contributed by atoms with Crippen LogP contribution in [-0.2, 0) is 80.9 Å². The summed E-state index contributed by atoms with van der Waals surface area (Å²) in [6.07, 6.45) is 12.8. The van der Waals surface area contributed by atoms with Gasteiger partial charge in [0.2, 0.25) is 17.5 Å². The Labute approximate surface area is 740 Å². The highest BCUT2D eigenvalue weighted by molar-refractivity contribution is 6.30. The summed E-state index contributed by atoms with van der Waals surface area (Å²) in [7, 11) is 15.0. The number of aliphatic imine (C=N–C) groups is 1. The number of anilines is 7. The normalized spacial score (nSPS) is 14.6. The van der Waals surface area contributed by atoms with Gasteiger partial charge in [0.15, 0.2) is 28.5 Å². The number of hydrogen-bond acceptors (Lipinski definition) is 33. The Morgan fingerprint density at radius 3 is 1.24 bits per heavy atom. The van der Waals surface area contributed by atoms with Gasteiger partial charge in [0, 0.05) is 83.7 Å². The molecule has 0 radical (unpaired) electrons. The van der Waals surface area contributed by atoms with Crippen molar-refractivity contribution < 1.29 is 37.9 Å². The fourth-order valence-electron chi connectivity index (χ4n) is 15.6. The lowest BCUT2D eigenvalue weighted by Gasteiger charge is -2.25. The average molecular weight is 1750 g/mol. The molecule has 0 saturated carbocycles. The number of hydrogen-bond donors (Lipinski definition) is 4. The van der Waals surface area contributed by atoms with Gasteiger partial charge in [-0.2, -0.15) is 14.4 Å². The average Bonchev–Trinajstić information content (AvgIpc) is 1.60. The number of imidazole rings is 2. The molecule has 3 aliphatic heterocycles. The predicted molar refractivity (Wildman–Crippen MR) is 481 cm³/mol. The number of para-hydroxylation sites is 3. The molecule has 127 heavy (non-hydrogen) atoms. The summed E-state index contributed by atoms with van der Waals surface area (Å²) in [5.74, 6) is 5.33. The summed E-state index contributed by atoms with van der Waals surface area (Å²) in [4.78, 5) is 60.8. The zero-order chi connectivity index (χ0) is 90.3. The molecule has 3 aliphatic rings. The SMILES string of the molecule is COC(C)(C)c1ncc(N)nc1C.COc1c(Nc2cc(Cc3cnc(C(C)(C)OC)c(C)n3)nc3c2N=C(C)C3)cccc1-c1nnn(C)n1.COc1c(Nc2cc(Cc3cnc(C(C)(C)OC)c(C)n3)nc3c2nc(C)n3C2CCCCO2)cccc1-c1nnn(C)n1.COc1c(Nc2cc(Cl)nc3c2nc(C)n3C2CCCCO2)cccc1-c1nnn(C)n1. The van der Waals surface area contributed by atoms with Crippen LogP contribution in [0.5, 0.6) is 17.2 Å². The quantitative estimate of drug-likeness (QED) is 0.0408. The zero-order valence-corrected chi connectivity index (χ0v) is 76.2. The van der Waals surface area contributed by atoms with Crippen molar-refractivity contribution in [3.8, 4) is 51.4 Å². The molecule has 0 amide bonds. The lowest BCUT2D eigenvalue weighted by molar-refractivity contribution is -0.0310. The molecular weight excluding hydrogens is 1640 g/mol. The molecule has 2 saturated heterocycles. The number of rotatable bonds is 24. The maximum atomic E-state index is 6.42. The number of halogens is 1. The Kier molecular flexibility index (Phi) is 27.2. The molecule has 39 heteroatoms. The van der Waals surface area contributed by atoms with Crippen molar-refractivity contribution in [2.45, 2.75) is 170 Å². The van der Waals surface area contributed by atoms with Gasteiger partial charge in [-0.15, -0.1) is 30.6 Å². The highest BCUT2D eigenvalue weighted by Crippen LogP contribution is 2.45.